The smallest absolute Gasteiger partial charge is 0.275 e. The third kappa shape index (κ3) is 2.20. The van der Waals surface area contributed by atoms with E-state index in [1.165, 1.54) is 0 Å². The Balaban J connectivity index is 2.05. The summed E-state index contributed by atoms with van der Waals surface area (Å²) in [6.07, 6.45) is 0. The van der Waals surface area contributed by atoms with Crippen molar-refractivity contribution in [2.45, 2.75) is 6.92 Å². The fourth-order valence-electron chi connectivity index (χ4n) is 2.52. The largest absolute Gasteiger partial charge is 0.378 e. The Morgan fingerprint density at radius 2 is 1.70 bits per heavy atom. The lowest BCUT2D eigenvalue weighted by atomic mass is 10.0. The number of aryl methyl sites for hydroxylation is 1. The molecule has 1 saturated heterocycles. The lowest BCUT2D eigenvalue weighted by Crippen LogP contribution is -2.39. The maximum atomic E-state index is 12.1. The summed E-state index contributed by atoms with van der Waals surface area (Å²) in [5, 5.41) is 2.39. The van der Waals surface area contributed by atoms with Crippen LogP contribution in [0.4, 0.5) is 0 Å². The third-order valence-corrected chi connectivity index (χ3v) is 3.57. The minimum atomic E-state index is -0.319. The molecule has 20 heavy (non-hydrogen) atoms. The van der Waals surface area contributed by atoms with Crippen LogP contribution >= 0.6 is 0 Å². The molecule has 0 saturated carbocycles. The highest BCUT2D eigenvalue weighted by Crippen LogP contribution is 2.27. The molecule has 0 atom stereocenters. The van der Waals surface area contributed by atoms with Gasteiger partial charge in [-0.15, -0.1) is 0 Å². The van der Waals surface area contributed by atoms with E-state index in [1.54, 1.807) is 0 Å². The van der Waals surface area contributed by atoms with Crippen molar-refractivity contribution >= 4 is 17.4 Å². The summed E-state index contributed by atoms with van der Waals surface area (Å²) >= 11 is 0. The molecule has 0 bridgehead atoms. The number of hydrogen-bond acceptors (Lipinski definition) is 4. The number of carbonyl (C=O) groups is 2. The normalized spacial score (nSPS) is 19.6. The van der Waals surface area contributed by atoms with Crippen molar-refractivity contribution < 1.29 is 14.3 Å². The van der Waals surface area contributed by atoms with Gasteiger partial charge in [0.2, 0.25) is 0 Å². The highest BCUT2D eigenvalue weighted by Gasteiger charge is 2.35. The first-order valence-electron chi connectivity index (χ1n) is 6.66. The number of ether oxygens (including phenoxy) is 1. The Hall–Kier alpha value is -2.14. The van der Waals surface area contributed by atoms with Gasteiger partial charge >= 0.3 is 0 Å². The van der Waals surface area contributed by atoms with Gasteiger partial charge in [0.1, 0.15) is 5.70 Å². The van der Waals surface area contributed by atoms with E-state index in [0.717, 1.165) is 11.1 Å². The highest BCUT2D eigenvalue weighted by atomic mass is 16.5. The van der Waals surface area contributed by atoms with Crippen LogP contribution in [-0.2, 0) is 14.3 Å². The second kappa shape index (κ2) is 5.09. The summed E-state index contributed by atoms with van der Waals surface area (Å²) in [7, 11) is 0. The van der Waals surface area contributed by atoms with Crippen LogP contribution < -0.4 is 5.32 Å². The van der Waals surface area contributed by atoms with Gasteiger partial charge in [0.25, 0.3) is 11.8 Å². The van der Waals surface area contributed by atoms with Crippen molar-refractivity contribution in [2.24, 2.45) is 0 Å². The monoisotopic (exact) mass is 272 g/mol. The second-order valence-corrected chi connectivity index (χ2v) is 4.97. The van der Waals surface area contributed by atoms with Gasteiger partial charge in [-0.2, -0.15) is 0 Å². The third-order valence-electron chi connectivity index (χ3n) is 3.57. The van der Waals surface area contributed by atoms with Gasteiger partial charge in [-0.05, 0) is 12.5 Å². The maximum absolute atomic E-state index is 12.1. The standard InChI is InChI=1S/C15H16N2O3/c1-10-2-4-11(5-3-10)12-13(15(19)16-14(12)18)17-6-8-20-9-7-17/h2-5H,6-9H2,1H3,(H,16,18,19). The number of morpholine rings is 1. The summed E-state index contributed by atoms with van der Waals surface area (Å²) in [4.78, 5) is 26.1. The molecule has 5 heteroatoms. The summed E-state index contributed by atoms with van der Waals surface area (Å²) in [6.45, 7) is 4.40. The Morgan fingerprint density at radius 3 is 2.35 bits per heavy atom. The van der Waals surface area contributed by atoms with Crippen molar-refractivity contribution in [1.29, 1.82) is 0 Å². The molecule has 0 aliphatic carbocycles. The predicted molar refractivity (Wildman–Crippen MR) is 73.6 cm³/mol. The minimum absolute atomic E-state index is 0.313. The van der Waals surface area contributed by atoms with Gasteiger partial charge in [-0.25, -0.2) is 0 Å². The second-order valence-electron chi connectivity index (χ2n) is 4.97. The van der Waals surface area contributed by atoms with Crippen LogP contribution in [0, 0.1) is 6.92 Å². The number of rotatable bonds is 2. The quantitative estimate of drug-likeness (QED) is 0.805. The molecule has 1 N–H and O–H groups in total. The number of nitrogens with zero attached hydrogens (tertiary/aromatic N) is 1. The summed E-state index contributed by atoms with van der Waals surface area (Å²) < 4.78 is 5.30. The van der Waals surface area contributed by atoms with Gasteiger partial charge in [0, 0.05) is 13.1 Å². The van der Waals surface area contributed by atoms with Crippen LogP contribution in [0.15, 0.2) is 30.0 Å². The van der Waals surface area contributed by atoms with E-state index in [1.807, 2.05) is 36.1 Å². The van der Waals surface area contributed by atoms with E-state index in [9.17, 15) is 9.59 Å². The number of imide groups is 1. The van der Waals surface area contributed by atoms with E-state index in [4.69, 9.17) is 4.74 Å². The number of hydrogen-bond donors (Lipinski definition) is 1. The van der Waals surface area contributed by atoms with Gasteiger partial charge in [0.05, 0.1) is 18.8 Å². The molecule has 0 radical (unpaired) electrons. The lowest BCUT2D eigenvalue weighted by Gasteiger charge is -2.29. The number of benzene rings is 1. The van der Waals surface area contributed by atoms with Gasteiger partial charge < -0.3 is 9.64 Å². The molecule has 104 valence electrons. The zero-order valence-corrected chi connectivity index (χ0v) is 11.3. The maximum Gasteiger partial charge on any atom is 0.275 e. The molecule has 2 heterocycles. The van der Waals surface area contributed by atoms with Crippen LogP contribution in [0.3, 0.4) is 0 Å². The van der Waals surface area contributed by atoms with Crippen molar-refractivity contribution in [3.05, 3.63) is 41.1 Å². The predicted octanol–water partition coefficient (Wildman–Crippen LogP) is 0.695. The molecule has 2 aliphatic heterocycles. The van der Waals surface area contributed by atoms with Crippen molar-refractivity contribution in [1.82, 2.24) is 10.2 Å². The van der Waals surface area contributed by atoms with Crippen LogP contribution in [0.2, 0.25) is 0 Å². The lowest BCUT2D eigenvalue weighted by molar-refractivity contribution is -0.124. The molecule has 1 aromatic carbocycles. The molecule has 0 aromatic heterocycles. The summed E-state index contributed by atoms with van der Waals surface area (Å²) in [6, 6.07) is 7.64. The van der Waals surface area contributed by atoms with Gasteiger partial charge in [-0.1, -0.05) is 29.8 Å². The van der Waals surface area contributed by atoms with Crippen molar-refractivity contribution in [3.63, 3.8) is 0 Å². The van der Waals surface area contributed by atoms with E-state index >= 15 is 0 Å². The molecule has 2 aliphatic rings. The average molecular weight is 272 g/mol. The first-order chi connectivity index (χ1) is 9.66. The molecule has 1 fully saturated rings. The first-order valence-corrected chi connectivity index (χ1v) is 6.66. The highest BCUT2D eigenvalue weighted by molar-refractivity contribution is 6.35. The van der Waals surface area contributed by atoms with Crippen LogP contribution in [0.1, 0.15) is 11.1 Å². The first kappa shape index (κ1) is 12.9. The Bertz CT molecular complexity index is 584. The van der Waals surface area contributed by atoms with E-state index in [2.05, 4.69) is 5.32 Å². The molecule has 1 aromatic rings. The average Bonchev–Trinajstić information content (AvgIpc) is 2.75. The van der Waals surface area contributed by atoms with Gasteiger partial charge in [0.15, 0.2) is 0 Å². The fourth-order valence-corrected chi connectivity index (χ4v) is 2.52. The fraction of sp³-hybridized carbons (Fsp3) is 0.333. The molecule has 0 unspecified atom stereocenters. The van der Waals surface area contributed by atoms with E-state index in [0.29, 0.717) is 37.6 Å². The number of nitrogens with one attached hydrogen (secondary N) is 1. The minimum Gasteiger partial charge on any atom is -0.378 e. The molecular weight excluding hydrogens is 256 g/mol. The summed E-state index contributed by atoms with van der Waals surface area (Å²) in [5.74, 6) is -0.632. The zero-order valence-electron chi connectivity index (χ0n) is 11.3. The number of carbonyl (C=O) groups excluding carboxylic acids is 2. The van der Waals surface area contributed by atoms with Crippen LogP contribution in [0.25, 0.3) is 5.57 Å². The van der Waals surface area contributed by atoms with E-state index in [-0.39, 0.29) is 11.8 Å². The Labute approximate surface area is 117 Å². The van der Waals surface area contributed by atoms with Crippen LogP contribution in [0.5, 0.6) is 0 Å². The SMILES string of the molecule is Cc1ccc(C2=C(N3CCOCC3)C(=O)NC2=O)cc1. The molecular formula is C15H16N2O3. The molecule has 2 amide bonds. The summed E-state index contributed by atoms with van der Waals surface area (Å²) in [5.41, 5.74) is 2.84. The van der Waals surface area contributed by atoms with Crippen LogP contribution in [-0.4, -0.2) is 43.0 Å². The Kier molecular flexibility index (Phi) is 3.28. The molecule has 5 nitrogen and oxygen atoms in total. The van der Waals surface area contributed by atoms with Crippen molar-refractivity contribution in [3.8, 4) is 0 Å². The molecule has 0 spiro atoms. The Morgan fingerprint density at radius 1 is 1.05 bits per heavy atom. The topological polar surface area (TPSA) is 58.6 Å². The van der Waals surface area contributed by atoms with Crippen molar-refractivity contribution in [2.75, 3.05) is 26.3 Å². The zero-order chi connectivity index (χ0) is 14.1. The number of amides is 2. The van der Waals surface area contributed by atoms with E-state index < -0.39 is 0 Å². The van der Waals surface area contributed by atoms with Gasteiger partial charge in [-0.3, -0.25) is 14.9 Å². The molecule has 3 rings (SSSR count).